The second-order valence-electron chi connectivity index (χ2n) is 11.9. The van der Waals surface area contributed by atoms with E-state index in [0.717, 1.165) is 56.4 Å². The third-order valence-corrected chi connectivity index (χ3v) is 9.95. The second kappa shape index (κ2) is 7.79. The van der Waals surface area contributed by atoms with E-state index in [4.69, 9.17) is 5.73 Å². The highest BCUT2D eigenvalue weighted by Crippen LogP contribution is 2.65. The number of nitrogens with one attached hydrogen (secondary N) is 2. The normalized spacial score (nSPS) is 23.3. The standard InChI is InChI=1S/C32H26N6O4/c33-31(42)37-11-9-18-20-12-23(34-22(20)5-7-26(18)37)29(40)36-10-8-17-19-13-24(35-21(19)4-6-25(17)36)30(41)38-15-16-14-32(16)27(38)2-1-3-28(32)39/h1-7,12-13,16,34-35H,8-11,14-15H2,(H2,33,42). The summed E-state index contributed by atoms with van der Waals surface area (Å²) < 4.78 is 0. The molecule has 2 atom stereocenters. The van der Waals surface area contributed by atoms with E-state index in [1.807, 2.05) is 42.5 Å². The van der Waals surface area contributed by atoms with Gasteiger partial charge in [0.2, 0.25) is 0 Å². The van der Waals surface area contributed by atoms with Gasteiger partial charge in [-0.05, 0) is 84.9 Å². The summed E-state index contributed by atoms with van der Waals surface area (Å²) in [5.41, 5.74) is 12.2. The van der Waals surface area contributed by atoms with Gasteiger partial charge in [-0.1, -0.05) is 6.08 Å². The monoisotopic (exact) mass is 558 g/mol. The van der Waals surface area contributed by atoms with Crippen LogP contribution in [0.5, 0.6) is 0 Å². The number of nitrogens with two attached hydrogens (primary N) is 1. The van der Waals surface area contributed by atoms with Gasteiger partial charge in [0.05, 0.1) is 5.41 Å². The topological polar surface area (TPSA) is 136 Å². The van der Waals surface area contributed by atoms with Crippen LogP contribution in [0.2, 0.25) is 0 Å². The van der Waals surface area contributed by atoms with E-state index in [9.17, 15) is 19.2 Å². The molecule has 208 valence electrons. The Morgan fingerprint density at radius 2 is 1.43 bits per heavy atom. The van der Waals surface area contributed by atoms with Gasteiger partial charge in [-0.25, -0.2) is 4.79 Å². The van der Waals surface area contributed by atoms with Crippen molar-refractivity contribution < 1.29 is 19.2 Å². The molecule has 4 N–H and O–H groups in total. The molecule has 1 spiro atoms. The maximum absolute atomic E-state index is 13.8. The van der Waals surface area contributed by atoms with Crippen LogP contribution in [-0.2, 0) is 17.6 Å². The van der Waals surface area contributed by atoms with Gasteiger partial charge in [-0.2, -0.15) is 0 Å². The van der Waals surface area contributed by atoms with Crippen molar-refractivity contribution in [2.24, 2.45) is 17.1 Å². The fourth-order valence-corrected chi connectivity index (χ4v) is 7.84. The smallest absolute Gasteiger partial charge is 0.319 e. The first-order valence-corrected chi connectivity index (χ1v) is 14.3. The lowest BCUT2D eigenvalue weighted by Gasteiger charge is -2.24. The van der Waals surface area contributed by atoms with Crippen LogP contribution >= 0.6 is 0 Å². The number of hydrogen-bond donors (Lipinski definition) is 3. The first-order valence-electron chi connectivity index (χ1n) is 14.3. The highest BCUT2D eigenvalue weighted by Gasteiger charge is 2.68. The lowest BCUT2D eigenvalue weighted by atomic mass is 9.91. The molecule has 3 aliphatic heterocycles. The van der Waals surface area contributed by atoms with Crippen molar-refractivity contribution in [1.29, 1.82) is 0 Å². The first-order chi connectivity index (χ1) is 20.3. The average Bonchev–Trinajstić information content (AvgIpc) is 3.60. The van der Waals surface area contributed by atoms with Gasteiger partial charge in [0.25, 0.3) is 11.8 Å². The fraction of sp³-hybridized carbons (Fsp3) is 0.250. The van der Waals surface area contributed by atoms with Gasteiger partial charge in [-0.15, -0.1) is 0 Å². The Balaban J connectivity index is 1.03. The van der Waals surface area contributed by atoms with Gasteiger partial charge in [0.1, 0.15) is 11.4 Å². The number of urea groups is 1. The number of anilines is 2. The Labute approximate surface area is 239 Å². The summed E-state index contributed by atoms with van der Waals surface area (Å²) >= 11 is 0. The number of aromatic amines is 2. The second-order valence-corrected chi connectivity index (χ2v) is 11.9. The number of aromatic nitrogens is 2. The third-order valence-electron chi connectivity index (χ3n) is 9.95. The number of ketones is 1. The molecule has 2 unspecified atom stereocenters. The van der Waals surface area contributed by atoms with Crippen LogP contribution in [0, 0.1) is 11.3 Å². The molecule has 10 heteroatoms. The number of fused-ring (bicyclic) bond motifs is 6. The predicted octanol–water partition coefficient (Wildman–Crippen LogP) is 3.78. The van der Waals surface area contributed by atoms with Crippen LogP contribution in [-0.4, -0.2) is 58.1 Å². The van der Waals surface area contributed by atoms with E-state index >= 15 is 0 Å². The number of H-pyrrole nitrogens is 2. The third kappa shape index (κ3) is 2.88. The van der Waals surface area contributed by atoms with Gasteiger partial charge >= 0.3 is 6.03 Å². The van der Waals surface area contributed by atoms with Crippen molar-refractivity contribution in [2.75, 3.05) is 29.4 Å². The number of primary amides is 1. The quantitative estimate of drug-likeness (QED) is 0.345. The molecule has 5 aliphatic rings. The number of amides is 4. The Kier molecular flexibility index (Phi) is 4.37. The number of benzene rings is 2. The molecule has 0 bridgehead atoms. The molecule has 2 aromatic heterocycles. The van der Waals surface area contributed by atoms with Crippen LogP contribution in [0.15, 0.2) is 60.3 Å². The Hall–Kier alpha value is -5.12. The summed E-state index contributed by atoms with van der Waals surface area (Å²) in [6.07, 6.45) is 7.44. The SMILES string of the molecule is NC(=O)N1CCc2c1ccc1[nH]c(C(=O)N3CCc4c3ccc3[nH]c(C(=O)N5CC6CC67C(=O)C=CC=C57)cc43)cc21. The largest absolute Gasteiger partial charge is 0.351 e. The number of carbonyl (C=O) groups is 4. The van der Waals surface area contributed by atoms with Crippen molar-refractivity contribution in [3.8, 4) is 0 Å². The molecule has 5 heterocycles. The van der Waals surface area contributed by atoms with Crippen LogP contribution in [0.1, 0.15) is 38.5 Å². The van der Waals surface area contributed by atoms with Crippen molar-refractivity contribution in [1.82, 2.24) is 14.9 Å². The maximum atomic E-state index is 13.8. The van der Waals surface area contributed by atoms with E-state index in [2.05, 4.69) is 9.97 Å². The summed E-state index contributed by atoms with van der Waals surface area (Å²) in [6, 6.07) is 10.9. The van der Waals surface area contributed by atoms with Crippen molar-refractivity contribution >= 4 is 56.8 Å². The molecular formula is C32H26N6O4. The number of nitrogens with zero attached hydrogens (tertiary/aromatic N) is 3. The van der Waals surface area contributed by atoms with E-state index in [0.29, 0.717) is 43.9 Å². The number of rotatable bonds is 2. The Morgan fingerprint density at radius 1 is 0.833 bits per heavy atom. The van der Waals surface area contributed by atoms with Gasteiger partial charge < -0.3 is 25.5 Å². The number of hydrogen-bond acceptors (Lipinski definition) is 4. The molecule has 1 saturated heterocycles. The van der Waals surface area contributed by atoms with Crippen LogP contribution in [0.3, 0.4) is 0 Å². The van der Waals surface area contributed by atoms with Gasteiger partial charge in [0.15, 0.2) is 5.78 Å². The van der Waals surface area contributed by atoms with Crippen LogP contribution in [0.4, 0.5) is 16.2 Å². The first kappa shape index (κ1) is 23.6. The summed E-state index contributed by atoms with van der Waals surface area (Å²) in [5, 5.41) is 1.86. The number of carbonyl (C=O) groups excluding carboxylic acids is 4. The molecule has 0 radical (unpaired) electrons. The van der Waals surface area contributed by atoms with Crippen molar-refractivity contribution in [3.63, 3.8) is 0 Å². The summed E-state index contributed by atoms with van der Waals surface area (Å²) in [4.78, 5) is 63.5. The molecule has 4 amide bonds. The van der Waals surface area contributed by atoms with Gasteiger partial charge in [0, 0.05) is 58.5 Å². The molecule has 9 rings (SSSR count). The molecule has 2 aliphatic carbocycles. The summed E-state index contributed by atoms with van der Waals surface area (Å²) in [6.45, 7) is 1.62. The number of allylic oxidation sites excluding steroid dienone is 4. The lowest BCUT2D eigenvalue weighted by Crippen LogP contribution is -2.33. The van der Waals surface area contributed by atoms with E-state index < -0.39 is 11.4 Å². The zero-order valence-electron chi connectivity index (χ0n) is 22.6. The average molecular weight is 559 g/mol. The minimum absolute atomic E-state index is 0.103. The molecule has 1 saturated carbocycles. The highest BCUT2D eigenvalue weighted by atomic mass is 16.2. The van der Waals surface area contributed by atoms with Crippen LogP contribution < -0.4 is 15.5 Å². The Bertz CT molecular complexity index is 2030. The molecule has 2 fully saturated rings. The summed E-state index contributed by atoms with van der Waals surface area (Å²) in [7, 11) is 0. The molecule has 10 nitrogen and oxygen atoms in total. The van der Waals surface area contributed by atoms with Gasteiger partial charge in [-0.3, -0.25) is 19.3 Å². The maximum Gasteiger partial charge on any atom is 0.319 e. The van der Waals surface area contributed by atoms with Crippen molar-refractivity contribution in [2.45, 2.75) is 19.3 Å². The Morgan fingerprint density at radius 3 is 2.07 bits per heavy atom. The van der Waals surface area contributed by atoms with E-state index in [1.165, 1.54) is 0 Å². The highest BCUT2D eigenvalue weighted by molar-refractivity contribution is 6.12. The molecule has 42 heavy (non-hydrogen) atoms. The number of piperidine rings is 1. The van der Waals surface area contributed by atoms with Crippen LogP contribution in [0.25, 0.3) is 21.8 Å². The zero-order valence-corrected chi connectivity index (χ0v) is 22.6. The molecular weight excluding hydrogens is 532 g/mol. The predicted molar refractivity (Wildman–Crippen MR) is 156 cm³/mol. The van der Waals surface area contributed by atoms with E-state index in [-0.39, 0.29) is 23.5 Å². The molecule has 4 aromatic rings. The molecule has 2 aromatic carbocycles. The minimum Gasteiger partial charge on any atom is -0.351 e. The van der Waals surface area contributed by atoms with E-state index in [1.54, 1.807) is 26.9 Å². The van der Waals surface area contributed by atoms with Crippen molar-refractivity contribution in [3.05, 3.63) is 82.8 Å². The fourth-order valence-electron chi connectivity index (χ4n) is 7.84. The number of likely N-dealkylation sites (tertiary alicyclic amines) is 1. The summed E-state index contributed by atoms with van der Waals surface area (Å²) in [5.74, 6) is 0.0446. The zero-order chi connectivity index (χ0) is 28.5. The minimum atomic E-state index is -0.498. The lowest BCUT2D eigenvalue weighted by molar-refractivity contribution is -0.118.